The van der Waals surface area contributed by atoms with E-state index in [-0.39, 0.29) is 23.7 Å². The average molecular weight is 311 g/mol. The van der Waals surface area contributed by atoms with Crippen LogP contribution in [-0.4, -0.2) is 43.5 Å². The Morgan fingerprint density at radius 2 is 1.71 bits per heavy atom. The highest BCUT2D eigenvalue weighted by atomic mass is 32.2. The Labute approximate surface area is 124 Å². The van der Waals surface area contributed by atoms with Crippen LogP contribution < -0.4 is 4.74 Å². The van der Waals surface area contributed by atoms with Crippen LogP contribution in [0.15, 0.2) is 54.5 Å². The van der Waals surface area contributed by atoms with Gasteiger partial charge in [0.15, 0.2) is 6.61 Å². The minimum Gasteiger partial charge on any atom is -0.482 e. The van der Waals surface area contributed by atoms with E-state index < -0.39 is 22.6 Å². The minimum absolute atomic E-state index is 0.0916. The fourth-order valence-corrected chi connectivity index (χ4v) is 2.94. The van der Waals surface area contributed by atoms with Gasteiger partial charge in [0, 0.05) is 13.1 Å². The number of ether oxygens (including phenoxy) is 1. The zero-order chi connectivity index (χ0) is 15.9. The summed E-state index contributed by atoms with van der Waals surface area (Å²) in [6.07, 6.45) is 2.98. The summed E-state index contributed by atoms with van der Waals surface area (Å²) in [4.78, 5) is 10.5. The zero-order valence-electron chi connectivity index (χ0n) is 11.4. The predicted octanol–water partition coefficient (Wildman–Crippen LogP) is 1.51. The minimum atomic E-state index is -3.65. The van der Waals surface area contributed by atoms with Crippen LogP contribution >= 0.6 is 0 Å². The van der Waals surface area contributed by atoms with Gasteiger partial charge in [-0.05, 0) is 24.3 Å². The van der Waals surface area contributed by atoms with Gasteiger partial charge in [-0.15, -0.1) is 13.2 Å². The van der Waals surface area contributed by atoms with Gasteiger partial charge in [-0.2, -0.15) is 4.31 Å². The third-order valence-electron chi connectivity index (χ3n) is 2.49. The molecule has 0 aliphatic rings. The van der Waals surface area contributed by atoms with Crippen molar-refractivity contribution >= 4 is 16.0 Å². The highest BCUT2D eigenvalue weighted by Gasteiger charge is 2.22. The second-order valence-corrected chi connectivity index (χ2v) is 5.99. The largest absolute Gasteiger partial charge is 0.482 e. The van der Waals surface area contributed by atoms with E-state index in [1.165, 1.54) is 40.7 Å². The molecule has 0 heterocycles. The SMILES string of the molecule is C=CCN(CC=C)S(=O)(=O)c1ccc(OCC(=O)O)cc1. The summed E-state index contributed by atoms with van der Waals surface area (Å²) >= 11 is 0. The summed E-state index contributed by atoms with van der Waals surface area (Å²) in [6, 6.07) is 5.56. The van der Waals surface area contributed by atoms with Crippen LogP contribution in [0.4, 0.5) is 0 Å². The quantitative estimate of drug-likeness (QED) is 0.699. The van der Waals surface area contributed by atoms with Crippen LogP contribution in [0.1, 0.15) is 0 Å². The second-order valence-electron chi connectivity index (χ2n) is 4.05. The number of hydrogen-bond acceptors (Lipinski definition) is 4. The molecule has 0 aliphatic heterocycles. The first-order chi connectivity index (χ1) is 9.91. The van der Waals surface area contributed by atoms with Crippen LogP contribution in [0.3, 0.4) is 0 Å². The monoisotopic (exact) mass is 311 g/mol. The van der Waals surface area contributed by atoms with Gasteiger partial charge in [0.1, 0.15) is 5.75 Å². The topological polar surface area (TPSA) is 83.9 Å². The standard InChI is InChI=1S/C14H17NO5S/c1-3-9-15(10-4-2)21(18,19)13-7-5-12(6-8-13)20-11-14(16)17/h3-8H,1-2,9-11H2,(H,16,17). The molecule has 0 saturated heterocycles. The molecule has 1 rings (SSSR count). The lowest BCUT2D eigenvalue weighted by Crippen LogP contribution is -2.31. The molecular weight excluding hydrogens is 294 g/mol. The Morgan fingerprint density at radius 1 is 1.19 bits per heavy atom. The molecule has 0 unspecified atom stereocenters. The van der Waals surface area contributed by atoms with Crippen molar-refractivity contribution in [1.82, 2.24) is 4.31 Å². The van der Waals surface area contributed by atoms with E-state index in [0.29, 0.717) is 0 Å². The highest BCUT2D eigenvalue weighted by Crippen LogP contribution is 2.19. The van der Waals surface area contributed by atoms with E-state index in [1.54, 1.807) is 0 Å². The molecular formula is C14H17NO5S. The van der Waals surface area contributed by atoms with E-state index in [9.17, 15) is 13.2 Å². The number of hydrogen-bond donors (Lipinski definition) is 1. The van der Waals surface area contributed by atoms with E-state index in [2.05, 4.69) is 13.2 Å². The fraction of sp³-hybridized carbons (Fsp3) is 0.214. The van der Waals surface area contributed by atoms with Crippen LogP contribution in [0.5, 0.6) is 5.75 Å². The molecule has 1 N–H and O–H groups in total. The number of aliphatic carboxylic acids is 1. The number of nitrogens with zero attached hydrogens (tertiary/aromatic N) is 1. The summed E-state index contributed by atoms with van der Waals surface area (Å²) in [5.41, 5.74) is 0. The molecule has 1 aromatic carbocycles. The molecule has 0 aromatic heterocycles. The lowest BCUT2D eigenvalue weighted by Gasteiger charge is -2.19. The van der Waals surface area contributed by atoms with Gasteiger partial charge in [0.2, 0.25) is 10.0 Å². The Balaban J connectivity index is 2.94. The van der Waals surface area contributed by atoms with E-state index in [1.807, 2.05) is 0 Å². The van der Waals surface area contributed by atoms with Crippen molar-refractivity contribution in [2.75, 3.05) is 19.7 Å². The summed E-state index contributed by atoms with van der Waals surface area (Å²) in [5.74, 6) is -0.815. The Morgan fingerprint density at radius 3 is 2.14 bits per heavy atom. The third-order valence-corrected chi connectivity index (χ3v) is 4.34. The molecule has 0 saturated carbocycles. The van der Waals surface area contributed by atoms with E-state index >= 15 is 0 Å². The maximum Gasteiger partial charge on any atom is 0.341 e. The third kappa shape index (κ3) is 4.73. The fourth-order valence-electron chi connectivity index (χ4n) is 1.56. The molecule has 6 nitrogen and oxygen atoms in total. The number of carboxylic acids is 1. The van der Waals surface area contributed by atoms with Gasteiger partial charge in [-0.25, -0.2) is 13.2 Å². The van der Waals surface area contributed by atoms with Crippen LogP contribution in [0.2, 0.25) is 0 Å². The van der Waals surface area contributed by atoms with Crippen LogP contribution in [0.25, 0.3) is 0 Å². The van der Waals surface area contributed by atoms with Crippen molar-refractivity contribution in [2.45, 2.75) is 4.90 Å². The Kier molecular flexibility index (Phi) is 6.13. The van der Waals surface area contributed by atoms with Gasteiger partial charge < -0.3 is 9.84 Å². The molecule has 114 valence electrons. The summed E-state index contributed by atoms with van der Waals surface area (Å²) in [5, 5.41) is 8.50. The normalized spacial score (nSPS) is 11.1. The zero-order valence-corrected chi connectivity index (χ0v) is 12.3. The number of carboxylic acid groups (broad SMARTS) is 1. The molecule has 21 heavy (non-hydrogen) atoms. The lowest BCUT2D eigenvalue weighted by molar-refractivity contribution is -0.139. The Hall–Kier alpha value is -2.12. The molecule has 0 amide bonds. The highest BCUT2D eigenvalue weighted by molar-refractivity contribution is 7.89. The van der Waals surface area contributed by atoms with Crippen LogP contribution in [-0.2, 0) is 14.8 Å². The van der Waals surface area contributed by atoms with Gasteiger partial charge >= 0.3 is 5.97 Å². The van der Waals surface area contributed by atoms with Crippen molar-refractivity contribution < 1.29 is 23.1 Å². The first-order valence-electron chi connectivity index (χ1n) is 6.08. The average Bonchev–Trinajstić information content (AvgIpc) is 2.45. The number of benzene rings is 1. The van der Waals surface area contributed by atoms with Gasteiger partial charge in [-0.1, -0.05) is 12.2 Å². The van der Waals surface area contributed by atoms with Crippen molar-refractivity contribution in [2.24, 2.45) is 0 Å². The number of sulfonamides is 1. The van der Waals surface area contributed by atoms with E-state index in [4.69, 9.17) is 9.84 Å². The molecule has 7 heteroatoms. The maximum absolute atomic E-state index is 12.4. The van der Waals surface area contributed by atoms with Crippen molar-refractivity contribution in [1.29, 1.82) is 0 Å². The number of rotatable bonds is 9. The maximum atomic E-state index is 12.4. The molecule has 0 radical (unpaired) electrons. The van der Waals surface area contributed by atoms with Gasteiger partial charge in [-0.3, -0.25) is 0 Å². The molecule has 0 bridgehead atoms. The van der Waals surface area contributed by atoms with Gasteiger partial charge in [0.25, 0.3) is 0 Å². The second kappa shape index (κ2) is 7.61. The van der Waals surface area contributed by atoms with Crippen molar-refractivity contribution in [3.05, 3.63) is 49.6 Å². The Bertz CT molecular complexity index is 597. The summed E-state index contributed by atoms with van der Waals surface area (Å²) < 4.78 is 30.9. The number of carbonyl (C=O) groups is 1. The van der Waals surface area contributed by atoms with Crippen molar-refractivity contribution in [3.8, 4) is 5.75 Å². The smallest absolute Gasteiger partial charge is 0.341 e. The van der Waals surface area contributed by atoms with Crippen LogP contribution in [0, 0.1) is 0 Å². The first kappa shape index (κ1) is 16.9. The predicted molar refractivity (Wildman–Crippen MR) is 78.7 cm³/mol. The molecule has 0 spiro atoms. The molecule has 0 atom stereocenters. The molecule has 1 aromatic rings. The molecule has 0 fully saturated rings. The lowest BCUT2D eigenvalue weighted by atomic mass is 10.3. The van der Waals surface area contributed by atoms with Crippen molar-refractivity contribution in [3.63, 3.8) is 0 Å². The summed E-state index contributed by atoms with van der Waals surface area (Å²) in [6.45, 7) is 6.92. The van der Waals surface area contributed by atoms with E-state index in [0.717, 1.165) is 0 Å². The van der Waals surface area contributed by atoms with Gasteiger partial charge in [0.05, 0.1) is 4.90 Å². The summed E-state index contributed by atoms with van der Waals surface area (Å²) in [7, 11) is -3.65. The first-order valence-corrected chi connectivity index (χ1v) is 7.52. The molecule has 0 aliphatic carbocycles.